The van der Waals surface area contributed by atoms with Crippen molar-refractivity contribution in [3.63, 3.8) is 0 Å². The maximum absolute atomic E-state index is 12.5. The smallest absolute Gasteiger partial charge is 0.366 e. The number of fused-ring (bicyclic) bond motifs is 3. The van der Waals surface area contributed by atoms with Crippen LogP contribution < -0.4 is 4.90 Å². The second-order valence-corrected chi connectivity index (χ2v) is 7.15. The first-order valence-corrected chi connectivity index (χ1v) is 9.08. The van der Waals surface area contributed by atoms with Crippen LogP contribution >= 0.6 is 11.8 Å². The van der Waals surface area contributed by atoms with Crippen LogP contribution in [0.2, 0.25) is 0 Å². The minimum atomic E-state index is -0.407. The third kappa shape index (κ3) is 2.24. The lowest BCUT2D eigenvalue weighted by atomic mass is 10.1. The quantitative estimate of drug-likeness (QED) is 0.473. The third-order valence-corrected chi connectivity index (χ3v) is 5.74. The van der Waals surface area contributed by atoms with Gasteiger partial charge in [-0.15, -0.1) is 0 Å². The molecule has 126 valence electrons. The van der Waals surface area contributed by atoms with Crippen molar-refractivity contribution in [2.75, 3.05) is 11.9 Å². The number of hydrogen-bond acceptors (Lipinski definition) is 5. The number of hydrogen-bond donors (Lipinski definition) is 0. The van der Waals surface area contributed by atoms with Crippen LogP contribution in [-0.2, 0) is 9.53 Å². The first-order chi connectivity index (χ1) is 12.7. The van der Waals surface area contributed by atoms with Crippen LogP contribution in [-0.4, -0.2) is 18.9 Å². The van der Waals surface area contributed by atoms with Gasteiger partial charge in [-0.25, -0.2) is 9.79 Å². The Hall–Kier alpha value is -3.05. The van der Waals surface area contributed by atoms with Gasteiger partial charge in [0.1, 0.15) is 5.03 Å². The van der Waals surface area contributed by atoms with Gasteiger partial charge >= 0.3 is 5.97 Å². The van der Waals surface area contributed by atoms with Gasteiger partial charge in [0, 0.05) is 22.9 Å². The molecule has 0 fully saturated rings. The number of ether oxygens (including phenoxy) is 1. The molecule has 0 saturated carbocycles. The molecule has 0 saturated heterocycles. The fourth-order valence-electron chi connectivity index (χ4n) is 3.29. The SMILES string of the molecule is CN1/C(=C2/N=C(c3ccccc3)OC2=O)Sc2ccc3ccccc3c21. The molecule has 0 bridgehead atoms. The van der Waals surface area contributed by atoms with Crippen LogP contribution in [0.3, 0.4) is 0 Å². The van der Waals surface area contributed by atoms with Crippen LogP contribution in [0.25, 0.3) is 10.8 Å². The minimum Gasteiger partial charge on any atom is -0.402 e. The van der Waals surface area contributed by atoms with Crippen molar-refractivity contribution >= 4 is 40.1 Å². The Morgan fingerprint density at radius 3 is 2.58 bits per heavy atom. The summed E-state index contributed by atoms with van der Waals surface area (Å²) in [7, 11) is 1.97. The fourth-order valence-corrected chi connectivity index (χ4v) is 4.43. The van der Waals surface area contributed by atoms with Crippen molar-refractivity contribution in [2.24, 2.45) is 4.99 Å². The summed E-state index contributed by atoms with van der Waals surface area (Å²) < 4.78 is 5.42. The van der Waals surface area contributed by atoms with Crippen molar-refractivity contribution in [1.29, 1.82) is 0 Å². The van der Waals surface area contributed by atoms with Gasteiger partial charge in [0.05, 0.1) is 5.69 Å². The first kappa shape index (κ1) is 15.2. The lowest BCUT2D eigenvalue weighted by Crippen LogP contribution is -2.14. The highest BCUT2D eigenvalue weighted by Crippen LogP contribution is 2.50. The predicted octanol–water partition coefficient (Wildman–Crippen LogP) is 4.55. The van der Waals surface area contributed by atoms with Gasteiger partial charge in [-0.2, -0.15) is 0 Å². The molecule has 0 spiro atoms. The van der Waals surface area contributed by atoms with Gasteiger partial charge in [0.2, 0.25) is 5.90 Å². The van der Waals surface area contributed by atoms with E-state index in [4.69, 9.17) is 4.74 Å². The molecule has 2 heterocycles. The molecule has 3 aromatic carbocycles. The maximum Gasteiger partial charge on any atom is 0.366 e. The molecule has 0 N–H and O–H groups in total. The molecule has 0 amide bonds. The summed E-state index contributed by atoms with van der Waals surface area (Å²) in [6, 6.07) is 21.9. The predicted molar refractivity (Wildman–Crippen MR) is 104 cm³/mol. The van der Waals surface area contributed by atoms with Crippen molar-refractivity contribution in [2.45, 2.75) is 4.90 Å². The summed E-state index contributed by atoms with van der Waals surface area (Å²) in [5.41, 5.74) is 2.26. The highest BCUT2D eigenvalue weighted by atomic mass is 32.2. The van der Waals surface area contributed by atoms with Crippen LogP contribution in [0.4, 0.5) is 5.69 Å². The molecule has 0 aliphatic carbocycles. The molecule has 0 radical (unpaired) electrons. The van der Waals surface area contributed by atoms with Crippen molar-refractivity contribution < 1.29 is 9.53 Å². The second-order valence-electron chi connectivity index (χ2n) is 6.12. The highest BCUT2D eigenvalue weighted by molar-refractivity contribution is 8.03. The number of anilines is 1. The summed E-state index contributed by atoms with van der Waals surface area (Å²) >= 11 is 1.55. The molecule has 2 aliphatic rings. The summed E-state index contributed by atoms with van der Waals surface area (Å²) in [5.74, 6) is -0.0526. The molecule has 2 aliphatic heterocycles. The zero-order chi connectivity index (χ0) is 17.7. The molecule has 26 heavy (non-hydrogen) atoms. The normalized spacial score (nSPS) is 18.9. The molecule has 3 aromatic rings. The van der Waals surface area contributed by atoms with Gasteiger partial charge in [0.15, 0.2) is 5.70 Å². The van der Waals surface area contributed by atoms with E-state index < -0.39 is 5.97 Å². The Kier molecular flexibility index (Phi) is 3.36. The van der Waals surface area contributed by atoms with Crippen LogP contribution in [0.1, 0.15) is 5.56 Å². The Bertz CT molecular complexity index is 1120. The van der Waals surface area contributed by atoms with E-state index in [2.05, 4.69) is 29.3 Å². The Balaban J connectivity index is 1.63. The fraction of sp³-hybridized carbons (Fsp3) is 0.0476. The van der Waals surface area contributed by atoms with Gasteiger partial charge in [-0.05, 0) is 23.6 Å². The van der Waals surface area contributed by atoms with Gasteiger partial charge in [-0.1, -0.05) is 60.3 Å². The summed E-state index contributed by atoms with van der Waals surface area (Å²) in [4.78, 5) is 20.1. The first-order valence-electron chi connectivity index (χ1n) is 8.26. The molecule has 4 nitrogen and oxygen atoms in total. The molecular weight excluding hydrogens is 344 g/mol. The molecular formula is C21H14N2O2S. The Morgan fingerprint density at radius 1 is 0.962 bits per heavy atom. The van der Waals surface area contributed by atoms with Crippen molar-refractivity contribution in [3.8, 4) is 0 Å². The van der Waals surface area contributed by atoms with Crippen molar-refractivity contribution in [3.05, 3.63) is 83.0 Å². The Labute approximate surface area is 154 Å². The maximum atomic E-state index is 12.5. The van der Waals surface area contributed by atoms with E-state index in [0.717, 1.165) is 26.6 Å². The van der Waals surface area contributed by atoms with Crippen LogP contribution in [0.5, 0.6) is 0 Å². The summed E-state index contributed by atoms with van der Waals surface area (Å²) in [5, 5.41) is 3.13. The number of cyclic esters (lactones) is 1. The largest absolute Gasteiger partial charge is 0.402 e. The molecule has 0 atom stereocenters. The van der Waals surface area contributed by atoms with Crippen molar-refractivity contribution in [1.82, 2.24) is 0 Å². The van der Waals surface area contributed by atoms with E-state index in [-0.39, 0.29) is 0 Å². The monoisotopic (exact) mass is 358 g/mol. The Morgan fingerprint density at radius 2 is 1.73 bits per heavy atom. The minimum absolute atomic E-state index is 0.355. The number of esters is 1. The van der Waals surface area contributed by atoms with E-state index >= 15 is 0 Å². The van der Waals surface area contributed by atoms with Gasteiger partial charge in [0.25, 0.3) is 0 Å². The second kappa shape index (κ2) is 5.75. The number of benzene rings is 3. The van der Waals surface area contributed by atoms with E-state index in [0.29, 0.717) is 11.6 Å². The average Bonchev–Trinajstić information content (AvgIpc) is 3.22. The van der Waals surface area contributed by atoms with E-state index in [1.807, 2.05) is 54.4 Å². The van der Waals surface area contributed by atoms with E-state index in [1.165, 1.54) is 5.39 Å². The average molecular weight is 358 g/mol. The molecule has 5 rings (SSSR count). The topological polar surface area (TPSA) is 41.9 Å². The zero-order valence-corrected chi connectivity index (χ0v) is 14.8. The molecule has 0 aromatic heterocycles. The number of nitrogens with zero attached hydrogens (tertiary/aromatic N) is 2. The standard InChI is InChI=1S/C21H14N2O2S/c1-23-18-15-10-6-5-7-13(15)11-12-16(18)26-20(23)17-21(24)25-19(22-17)14-8-3-2-4-9-14/h2-12H,1H3/b20-17-. The number of carbonyl (C=O) groups is 1. The van der Waals surface area contributed by atoms with Gasteiger partial charge in [-0.3, -0.25) is 0 Å². The zero-order valence-electron chi connectivity index (χ0n) is 14.0. The van der Waals surface area contributed by atoms with E-state index in [9.17, 15) is 4.79 Å². The summed E-state index contributed by atoms with van der Waals surface area (Å²) in [6.07, 6.45) is 0. The lowest BCUT2D eigenvalue weighted by molar-refractivity contribution is -0.130. The molecule has 0 unspecified atom stereocenters. The van der Waals surface area contributed by atoms with Crippen LogP contribution in [0, 0.1) is 0 Å². The van der Waals surface area contributed by atoms with E-state index in [1.54, 1.807) is 11.8 Å². The third-order valence-electron chi connectivity index (χ3n) is 4.53. The van der Waals surface area contributed by atoms with Gasteiger partial charge < -0.3 is 9.64 Å². The summed E-state index contributed by atoms with van der Waals surface area (Å²) in [6.45, 7) is 0. The lowest BCUT2D eigenvalue weighted by Gasteiger charge is -2.15. The highest BCUT2D eigenvalue weighted by Gasteiger charge is 2.34. The van der Waals surface area contributed by atoms with Crippen LogP contribution in [0.15, 0.2) is 87.3 Å². The number of carbonyl (C=O) groups excluding carboxylic acids is 1. The number of aliphatic imine (C=N–C) groups is 1. The number of rotatable bonds is 1. The number of thioether (sulfide) groups is 1. The molecule has 5 heteroatoms.